The molecule has 0 rings (SSSR count). The van der Waals surface area contributed by atoms with Crippen molar-refractivity contribution >= 4 is 11.9 Å². The molecular formula is C21H36O10. The first kappa shape index (κ1) is 29.2. The molecule has 0 amide bonds. The van der Waals surface area contributed by atoms with Gasteiger partial charge in [0.25, 0.3) is 0 Å². The molecule has 10 heteroatoms. The van der Waals surface area contributed by atoms with Crippen LogP contribution in [0.2, 0.25) is 0 Å². The van der Waals surface area contributed by atoms with Crippen molar-refractivity contribution in [3.8, 4) is 0 Å². The lowest BCUT2D eigenvalue weighted by Crippen LogP contribution is -2.23. The Balaban J connectivity index is 3.24. The Kier molecular flexibility index (Phi) is 20.2. The summed E-state index contributed by atoms with van der Waals surface area (Å²) in [5.41, 5.74) is 0. The highest BCUT2D eigenvalue weighted by Crippen LogP contribution is 1.95. The maximum Gasteiger partial charge on any atom is 0.330 e. The van der Waals surface area contributed by atoms with Gasteiger partial charge in [-0.15, -0.1) is 0 Å². The van der Waals surface area contributed by atoms with Crippen LogP contribution in [0.4, 0.5) is 0 Å². The molecule has 0 aliphatic heterocycles. The number of aliphatic hydroxyl groups is 2. The van der Waals surface area contributed by atoms with Crippen LogP contribution in [0, 0.1) is 0 Å². The van der Waals surface area contributed by atoms with Crippen molar-refractivity contribution in [1.29, 1.82) is 0 Å². The summed E-state index contributed by atoms with van der Waals surface area (Å²) in [5, 5.41) is 19.1. The number of aliphatic hydroxyl groups excluding tert-OH is 2. The van der Waals surface area contributed by atoms with Crippen LogP contribution in [0.3, 0.4) is 0 Å². The van der Waals surface area contributed by atoms with Gasteiger partial charge in [-0.3, -0.25) is 0 Å². The molecule has 31 heavy (non-hydrogen) atoms. The van der Waals surface area contributed by atoms with Gasteiger partial charge in [-0.2, -0.15) is 0 Å². The zero-order valence-corrected chi connectivity index (χ0v) is 18.1. The second-order valence-electron chi connectivity index (χ2n) is 6.41. The predicted octanol–water partition coefficient (Wildman–Crippen LogP) is 0.403. The first-order valence-corrected chi connectivity index (χ1v) is 10.2. The Morgan fingerprint density at radius 2 is 0.935 bits per heavy atom. The number of carbonyl (C=O) groups excluding carboxylic acids is 2. The summed E-state index contributed by atoms with van der Waals surface area (Å²) >= 11 is 0. The number of ether oxygens (including phenoxy) is 6. The van der Waals surface area contributed by atoms with Crippen molar-refractivity contribution in [2.75, 3.05) is 66.1 Å². The Labute approximate surface area is 183 Å². The summed E-state index contributed by atoms with van der Waals surface area (Å²) in [7, 11) is 0. The second-order valence-corrected chi connectivity index (χ2v) is 6.41. The number of carbonyl (C=O) groups is 2. The number of esters is 2. The molecule has 0 spiro atoms. The summed E-state index contributed by atoms with van der Waals surface area (Å²) in [6, 6.07) is 0. The molecular weight excluding hydrogens is 412 g/mol. The highest BCUT2D eigenvalue weighted by Gasteiger charge is 2.07. The van der Waals surface area contributed by atoms with Crippen LogP contribution < -0.4 is 0 Å². The maximum atomic E-state index is 10.8. The van der Waals surface area contributed by atoms with Crippen molar-refractivity contribution < 1.29 is 48.2 Å². The van der Waals surface area contributed by atoms with Gasteiger partial charge in [-0.05, 0) is 19.3 Å². The minimum Gasteiger partial charge on any atom is -0.460 e. The van der Waals surface area contributed by atoms with Crippen molar-refractivity contribution in [3.63, 3.8) is 0 Å². The highest BCUT2D eigenvalue weighted by atomic mass is 16.6. The van der Waals surface area contributed by atoms with E-state index in [1.165, 1.54) is 0 Å². The predicted molar refractivity (Wildman–Crippen MR) is 111 cm³/mol. The maximum absolute atomic E-state index is 10.8. The molecule has 0 aromatic heterocycles. The van der Waals surface area contributed by atoms with Crippen LogP contribution in [-0.2, 0) is 38.0 Å². The summed E-state index contributed by atoms with van der Waals surface area (Å²) in [5.74, 6) is -1.16. The van der Waals surface area contributed by atoms with E-state index in [-0.39, 0.29) is 26.4 Å². The minimum absolute atomic E-state index is 0.0870. The fourth-order valence-corrected chi connectivity index (χ4v) is 2.00. The standard InChI is InChI=1S/C21H36O10/c1-3-20(24)30-16-18(22)14-28-12-6-10-26-8-5-9-27-11-7-13-29-15-19(23)17-31-21(25)4-2/h3-4,18-19,22-23H,1-2,5-17H2/t18-,19-/m0/s1. The lowest BCUT2D eigenvalue weighted by atomic mass is 10.4. The van der Waals surface area contributed by atoms with E-state index in [1.807, 2.05) is 0 Å². The molecule has 0 aromatic carbocycles. The molecule has 0 heterocycles. The third-order valence-electron chi connectivity index (χ3n) is 3.52. The summed E-state index contributed by atoms with van der Waals surface area (Å²) in [6.07, 6.45) is 2.49. The highest BCUT2D eigenvalue weighted by molar-refractivity contribution is 5.81. The van der Waals surface area contributed by atoms with Gasteiger partial charge in [0, 0.05) is 51.8 Å². The quantitative estimate of drug-likeness (QED) is 0.136. The van der Waals surface area contributed by atoms with E-state index >= 15 is 0 Å². The van der Waals surface area contributed by atoms with Gasteiger partial charge in [-0.1, -0.05) is 13.2 Å². The van der Waals surface area contributed by atoms with Gasteiger partial charge in [-0.25, -0.2) is 9.59 Å². The van der Waals surface area contributed by atoms with Crippen LogP contribution in [-0.4, -0.2) is 100 Å². The number of hydrogen-bond donors (Lipinski definition) is 2. The summed E-state index contributed by atoms with van der Waals surface area (Å²) < 4.78 is 30.8. The third kappa shape index (κ3) is 21.2. The van der Waals surface area contributed by atoms with Gasteiger partial charge in [0.1, 0.15) is 25.4 Å². The minimum atomic E-state index is -0.862. The molecule has 0 aliphatic rings. The summed E-state index contributed by atoms with van der Waals surface area (Å²) in [6.45, 7) is 9.57. The van der Waals surface area contributed by atoms with Gasteiger partial charge in [0.05, 0.1) is 13.2 Å². The smallest absolute Gasteiger partial charge is 0.330 e. The molecule has 0 saturated carbocycles. The summed E-state index contributed by atoms with van der Waals surface area (Å²) in [4.78, 5) is 21.7. The number of rotatable bonds is 22. The van der Waals surface area contributed by atoms with Crippen LogP contribution in [0.1, 0.15) is 19.3 Å². The van der Waals surface area contributed by atoms with Crippen molar-refractivity contribution in [2.45, 2.75) is 31.5 Å². The molecule has 0 fully saturated rings. The van der Waals surface area contributed by atoms with Gasteiger partial charge in [0.2, 0.25) is 0 Å². The molecule has 2 N–H and O–H groups in total. The third-order valence-corrected chi connectivity index (χ3v) is 3.52. The van der Waals surface area contributed by atoms with Crippen molar-refractivity contribution in [3.05, 3.63) is 25.3 Å². The van der Waals surface area contributed by atoms with Crippen LogP contribution in [0.5, 0.6) is 0 Å². The average molecular weight is 449 g/mol. The normalized spacial score (nSPS) is 12.7. The SMILES string of the molecule is C=CC(=O)OC[C@@H](O)COCCCOCCCOCCCOC[C@H](O)COC(=O)C=C. The Morgan fingerprint density at radius 3 is 1.26 bits per heavy atom. The average Bonchev–Trinajstić information content (AvgIpc) is 2.78. The van der Waals surface area contributed by atoms with E-state index in [0.717, 1.165) is 18.6 Å². The van der Waals surface area contributed by atoms with Gasteiger partial charge in [0.15, 0.2) is 0 Å². The largest absolute Gasteiger partial charge is 0.460 e. The molecule has 0 aliphatic carbocycles. The van der Waals surface area contributed by atoms with Crippen molar-refractivity contribution in [2.24, 2.45) is 0 Å². The van der Waals surface area contributed by atoms with E-state index in [2.05, 4.69) is 13.2 Å². The van der Waals surface area contributed by atoms with E-state index in [9.17, 15) is 19.8 Å². The fraction of sp³-hybridized carbons (Fsp3) is 0.714. The Bertz CT molecular complexity index is 441. The molecule has 10 nitrogen and oxygen atoms in total. The lowest BCUT2D eigenvalue weighted by Gasteiger charge is -2.11. The molecule has 0 unspecified atom stereocenters. The lowest BCUT2D eigenvalue weighted by molar-refractivity contribution is -0.142. The first-order valence-electron chi connectivity index (χ1n) is 10.2. The van der Waals surface area contributed by atoms with Gasteiger partial charge >= 0.3 is 11.9 Å². The molecule has 180 valence electrons. The van der Waals surface area contributed by atoms with Gasteiger partial charge < -0.3 is 38.6 Å². The Morgan fingerprint density at radius 1 is 0.613 bits per heavy atom. The number of hydrogen-bond acceptors (Lipinski definition) is 10. The zero-order chi connectivity index (χ0) is 23.2. The molecule has 0 saturated heterocycles. The van der Waals surface area contributed by atoms with E-state index in [4.69, 9.17) is 28.4 Å². The van der Waals surface area contributed by atoms with Crippen LogP contribution in [0.15, 0.2) is 25.3 Å². The molecule has 0 bridgehead atoms. The zero-order valence-electron chi connectivity index (χ0n) is 18.1. The van der Waals surface area contributed by atoms with E-state index in [0.29, 0.717) is 52.5 Å². The van der Waals surface area contributed by atoms with E-state index < -0.39 is 24.1 Å². The molecule has 0 aromatic rings. The fourth-order valence-electron chi connectivity index (χ4n) is 2.00. The molecule has 0 radical (unpaired) electrons. The van der Waals surface area contributed by atoms with Crippen LogP contribution in [0.25, 0.3) is 0 Å². The topological polar surface area (TPSA) is 130 Å². The molecule has 2 atom stereocenters. The Hall–Kier alpha value is -1.82. The monoisotopic (exact) mass is 448 g/mol. The van der Waals surface area contributed by atoms with Crippen molar-refractivity contribution in [1.82, 2.24) is 0 Å². The first-order chi connectivity index (χ1) is 15.0. The van der Waals surface area contributed by atoms with Crippen LogP contribution >= 0.6 is 0 Å². The second kappa shape index (κ2) is 21.4. The van der Waals surface area contributed by atoms with E-state index in [1.54, 1.807) is 0 Å².